The summed E-state index contributed by atoms with van der Waals surface area (Å²) in [5, 5.41) is 10.5. The molecular formula is C13H15F2NO4. The first kappa shape index (κ1) is 16.0. The fourth-order valence-electron chi connectivity index (χ4n) is 1.38. The second kappa shape index (κ2) is 5.94. The number of ether oxygens (including phenoxy) is 1. The molecule has 7 heteroatoms. The van der Waals surface area contributed by atoms with E-state index < -0.39 is 33.8 Å². The van der Waals surface area contributed by atoms with E-state index in [4.69, 9.17) is 4.74 Å². The SMILES string of the molecule is CC(C)(C)CCOC(=O)c1cc(F)cc([N+](=O)[O-])c1F. The zero-order valence-corrected chi connectivity index (χ0v) is 11.4. The monoisotopic (exact) mass is 287 g/mol. The number of carbonyl (C=O) groups is 1. The minimum absolute atomic E-state index is 0.0199. The summed E-state index contributed by atoms with van der Waals surface area (Å²) in [5.74, 6) is -3.58. The van der Waals surface area contributed by atoms with Crippen LogP contribution in [0.1, 0.15) is 37.6 Å². The number of nitro groups is 1. The Bertz CT molecular complexity index is 538. The maximum atomic E-state index is 13.7. The van der Waals surface area contributed by atoms with E-state index in [1.807, 2.05) is 20.8 Å². The van der Waals surface area contributed by atoms with Crippen molar-refractivity contribution in [2.75, 3.05) is 6.61 Å². The van der Waals surface area contributed by atoms with Gasteiger partial charge in [-0.2, -0.15) is 4.39 Å². The van der Waals surface area contributed by atoms with Crippen LogP contribution in [0.3, 0.4) is 0 Å². The third kappa shape index (κ3) is 4.25. The van der Waals surface area contributed by atoms with E-state index in [1.165, 1.54) is 0 Å². The molecule has 0 N–H and O–H groups in total. The molecule has 20 heavy (non-hydrogen) atoms. The van der Waals surface area contributed by atoms with Crippen LogP contribution in [0.4, 0.5) is 14.5 Å². The Morgan fingerprint density at radius 2 is 1.95 bits per heavy atom. The summed E-state index contributed by atoms with van der Waals surface area (Å²) in [6, 6.07) is 1.00. The number of nitrogens with zero attached hydrogens (tertiary/aromatic N) is 1. The first-order valence-electron chi connectivity index (χ1n) is 5.92. The topological polar surface area (TPSA) is 69.4 Å². The first-order valence-corrected chi connectivity index (χ1v) is 5.92. The van der Waals surface area contributed by atoms with Crippen LogP contribution in [0.15, 0.2) is 12.1 Å². The van der Waals surface area contributed by atoms with Crippen molar-refractivity contribution in [3.8, 4) is 0 Å². The van der Waals surface area contributed by atoms with Gasteiger partial charge in [0.15, 0.2) is 0 Å². The molecule has 0 aromatic heterocycles. The molecular weight excluding hydrogens is 272 g/mol. The summed E-state index contributed by atoms with van der Waals surface area (Å²) in [7, 11) is 0. The van der Waals surface area contributed by atoms with E-state index in [0.29, 0.717) is 18.6 Å². The second-order valence-electron chi connectivity index (χ2n) is 5.49. The predicted octanol–water partition coefficient (Wildman–Crippen LogP) is 3.47. The van der Waals surface area contributed by atoms with E-state index in [-0.39, 0.29) is 12.0 Å². The molecule has 0 saturated carbocycles. The highest BCUT2D eigenvalue weighted by atomic mass is 19.1. The largest absolute Gasteiger partial charge is 0.462 e. The zero-order chi connectivity index (χ0) is 15.5. The average molecular weight is 287 g/mol. The van der Waals surface area contributed by atoms with Crippen molar-refractivity contribution >= 4 is 11.7 Å². The van der Waals surface area contributed by atoms with Gasteiger partial charge in [-0.25, -0.2) is 9.18 Å². The predicted molar refractivity (Wildman–Crippen MR) is 67.4 cm³/mol. The fraction of sp³-hybridized carbons (Fsp3) is 0.462. The summed E-state index contributed by atoms with van der Waals surface area (Å²) in [6.07, 6.45) is 0.526. The van der Waals surface area contributed by atoms with Crippen molar-refractivity contribution in [1.29, 1.82) is 0 Å². The molecule has 0 radical (unpaired) electrons. The molecule has 0 aliphatic carbocycles. The van der Waals surface area contributed by atoms with Gasteiger partial charge >= 0.3 is 11.7 Å². The standard InChI is InChI=1S/C13H15F2NO4/c1-13(2,3)4-5-20-12(17)9-6-8(14)7-10(11(9)15)16(18)19/h6-7H,4-5H2,1-3H3. The molecule has 0 amide bonds. The number of carbonyl (C=O) groups excluding carboxylic acids is 1. The van der Waals surface area contributed by atoms with Crippen LogP contribution < -0.4 is 0 Å². The smallest absolute Gasteiger partial charge is 0.341 e. The van der Waals surface area contributed by atoms with Crippen LogP contribution in [0.2, 0.25) is 0 Å². The Kier molecular flexibility index (Phi) is 4.75. The number of benzene rings is 1. The molecule has 0 fully saturated rings. The minimum atomic E-state index is -1.39. The molecule has 0 atom stereocenters. The lowest BCUT2D eigenvalue weighted by Crippen LogP contribution is -2.15. The summed E-state index contributed by atoms with van der Waals surface area (Å²) in [6.45, 7) is 5.80. The minimum Gasteiger partial charge on any atom is -0.462 e. The number of halogens is 2. The molecule has 0 bridgehead atoms. The van der Waals surface area contributed by atoms with Crippen LogP contribution in [-0.2, 0) is 4.74 Å². The highest BCUT2D eigenvalue weighted by Crippen LogP contribution is 2.24. The number of nitro benzene ring substituents is 1. The molecule has 0 aliphatic heterocycles. The average Bonchev–Trinajstić information content (AvgIpc) is 2.29. The first-order chi connectivity index (χ1) is 9.11. The summed E-state index contributed by atoms with van der Waals surface area (Å²) >= 11 is 0. The van der Waals surface area contributed by atoms with Crippen LogP contribution in [0.25, 0.3) is 0 Å². The normalized spacial score (nSPS) is 11.2. The molecule has 0 heterocycles. The highest BCUT2D eigenvalue weighted by molar-refractivity contribution is 5.90. The van der Waals surface area contributed by atoms with Gasteiger partial charge in [0.25, 0.3) is 0 Å². The van der Waals surface area contributed by atoms with Crippen molar-refractivity contribution in [3.05, 3.63) is 39.4 Å². The van der Waals surface area contributed by atoms with Crippen LogP contribution in [-0.4, -0.2) is 17.5 Å². The summed E-state index contributed by atoms with van der Waals surface area (Å²) in [5.41, 5.74) is -1.95. The third-order valence-electron chi connectivity index (χ3n) is 2.52. The lowest BCUT2D eigenvalue weighted by atomic mass is 9.93. The third-order valence-corrected chi connectivity index (χ3v) is 2.52. The quantitative estimate of drug-likeness (QED) is 0.483. The Labute approximate surface area is 114 Å². The van der Waals surface area contributed by atoms with E-state index in [9.17, 15) is 23.7 Å². The molecule has 0 aliphatic rings. The van der Waals surface area contributed by atoms with E-state index in [2.05, 4.69) is 0 Å². The Morgan fingerprint density at radius 1 is 1.35 bits per heavy atom. The van der Waals surface area contributed by atoms with Gasteiger partial charge < -0.3 is 4.74 Å². The summed E-state index contributed by atoms with van der Waals surface area (Å²) < 4.78 is 31.7. The molecule has 0 spiro atoms. The molecule has 5 nitrogen and oxygen atoms in total. The van der Waals surface area contributed by atoms with Gasteiger partial charge in [0.05, 0.1) is 17.6 Å². The molecule has 110 valence electrons. The van der Waals surface area contributed by atoms with Crippen molar-refractivity contribution in [2.45, 2.75) is 27.2 Å². The number of esters is 1. The number of rotatable bonds is 4. The van der Waals surface area contributed by atoms with Gasteiger partial charge in [-0.15, -0.1) is 0 Å². The van der Waals surface area contributed by atoms with Crippen molar-refractivity contribution in [3.63, 3.8) is 0 Å². The second-order valence-corrected chi connectivity index (χ2v) is 5.49. The van der Waals surface area contributed by atoms with Crippen molar-refractivity contribution < 1.29 is 23.2 Å². The molecule has 1 rings (SSSR count). The number of hydrogen-bond acceptors (Lipinski definition) is 4. The van der Waals surface area contributed by atoms with E-state index in [0.717, 1.165) is 0 Å². The van der Waals surface area contributed by atoms with Gasteiger partial charge in [-0.3, -0.25) is 10.1 Å². The van der Waals surface area contributed by atoms with Gasteiger partial charge in [0.1, 0.15) is 11.4 Å². The van der Waals surface area contributed by atoms with Crippen LogP contribution in [0, 0.1) is 27.2 Å². The van der Waals surface area contributed by atoms with Crippen molar-refractivity contribution in [1.82, 2.24) is 0 Å². The lowest BCUT2D eigenvalue weighted by molar-refractivity contribution is -0.387. The van der Waals surface area contributed by atoms with Crippen LogP contribution in [0.5, 0.6) is 0 Å². The van der Waals surface area contributed by atoms with E-state index in [1.54, 1.807) is 0 Å². The molecule has 1 aromatic rings. The van der Waals surface area contributed by atoms with E-state index >= 15 is 0 Å². The fourth-order valence-corrected chi connectivity index (χ4v) is 1.38. The summed E-state index contributed by atoms with van der Waals surface area (Å²) in [4.78, 5) is 21.1. The van der Waals surface area contributed by atoms with Gasteiger partial charge in [-0.05, 0) is 17.9 Å². The maximum Gasteiger partial charge on any atom is 0.341 e. The van der Waals surface area contributed by atoms with Crippen molar-refractivity contribution in [2.24, 2.45) is 5.41 Å². The van der Waals surface area contributed by atoms with Gasteiger partial charge in [0, 0.05) is 0 Å². The van der Waals surface area contributed by atoms with Gasteiger partial charge in [0.2, 0.25) is 5.82 Å². The molecule has 1 aromatic carbocycles. The zero-order valence-electron chi connectivity index (χ0n) is 11.4. The molecule has 0 unspecified atom stereocenters. The number of hydrogen-bond donors (Lipinski definition) is 0. The molecule has 0 saturated heterocycles. The van der Waals surface area contributed by atoms with Gasteiger partial charge in [-0.1, -0.05) is 20.8 Å². The lowest BCUT2D eigenvalue weighted by Gasteiger charge is -2.17. The maximum absolute atomic E-state index is 13.7. The Morgan fingerprint density at radius 3 is 2.45 bits per heavy atom. The highest BCUT2D eigenvalue weighted by Gasteiger charge is 2.25. The Balaban J connectivity index is 2.91. The van der Waals surface area contributed by atoms with Crippen LogP contribution >= 0.6 is 0 Å². The Hall–Kier alpha value is -2.05.